The van der Waals surface area contributed by atoms with Crippen molar-refractivity contribution in [3.8, 4) is 0 Å². The van der Waals surface area contributed by atoms with Crippen molar-refractivity contribution in [1.29, 1.82) is 0 Å². The lowest BCUT2D eigenvalue weighted by Crippen LogP contribution is -2.46. The average molecular weight is 376 g/mol. The number of amides is 2. The summed E-state index contributed by atoms with van der Waals surface area (Å²) in [6.07, 6.45) is 0.540. The van der Waals surface area contributed by atoms with Gasteiger partial charge in [0.05, 0.1) is 26.2 Å². The normalized spacial score (nSPS) is 10.6. The van der Waals surface area contributed by atoms with E-state index in [0.717, 1.165) is 4.90 Å². The lowest BCUT2D eigenvalue weighted by atomic mass is 10.3. The number of nitrogens with one attached hydrogen (secondary N) is 1. The number of rotatable bonds is 14. The number of aliphatic carboxylic acids is 3. The molecule has 0 aliphatic rings. The van der Waals surface area contributed by atoms with E-state index < -0.39 is 37.0 Å². The molecule has 0 aromatic rings. The van der Waals surface area contributed by atoms with E-state index in [1.807, 2.05) is 0 Å². The zero-order valence-corrected chi connectivity index (χ0v) is 14.5. The molecule has 0 heterocycles. The van der Waals surface area contributed by atoms with Crippen molar-refractivity contribution in [2.45, 2.75) is 0 Å². The van der Waals surface area contributed by atoms with Gasteiger partial charge in [0.25, 0.3) is 0 Å². The first kappa shape index (κ1) is 23.3. The summed E-state index contributed by atoms with van der Waals surface area (Å²) < 4.78 is 0. The predicted molar refractivity (Wildman–Crippen MR) is 87.9 cm³/mol. The van der Waals surface area contributed by atoms with Gasteiger partial charge < -0.3 is 30.3 Å². The minimum atomic E-state index is -1.20. The van der Waals surface area contributed by atoms with Crippen molar-refractivity contribution >= 4 is 30.2 Å². The summed E-state index contributed by atoms with van der Waals surface area (Å²) in [5.41, 5.74) is 0. The fourth-order valence-electron chi connectivity index (χ4n) is 2.13. The van der Waals surface area contributed by atoms with E-state index in [-0.39, 0.29) is 39.3 Å². The van der Waals surface area contributed by atoms with Crippen LogP contribution in [0, 0.1) is 0 Å². The summed E-state index contributed by atoms with van der Waals surface area (Å²) >= 11 is 0. The van der Waals surface area contributed by atoms with Gasteiger partial charge in [-0.2, -0.15) is 0 Å². The number of aldehydes is 1. The molecule has 0 rings (SSSR count). The van der Waals surface area contributed by atoms with E-state index in [9.17, 15) is 24.0 Å². The number of carbonyl (C=O) groups is 5. The number of hydrogen-bond acceptors (Lipinski definition) is 7. The van der Waals surface area contributed by atoms with Gasteiger partial charge in [0.15, 0.2) is 0 Å². The number of urea groups is 1. The SMILES string of the molecule is CNC(=O)N(CC=O)CCN(CCN(CC(=O)O)CC(=O)O)CC(=O)O. The van der Waals surface area contributed by atoms with E-state index >= 15 is 0 Å². The molecule has 0 aromatic carbocycles. The summed E-state index contributed by atoms with van der Waals surface area (Å²) in [7, 11) is 1.39. The molecule has 0 spiro atoms. The number of carboxylic acid groups (broad SMARTS) is 3. The average Bonchev–Trinajstić information content (AvgIpc) is 2.53. The highest BCUT2D eigenvalue weighted by Gasteiger charge is 2.18. The predicted octanol–water partition coefficient (Wildman–Crippen LogP) is -2.32. The smallest absolute Gasteiger partial charge is 0.317 e. The molecule has 4 N–H and O–H groups in total. The molecule has 0 radical (unpaired) electrons. The Labute approximate surface area is 150 Å². The Bertz CT molecular complexity index is 497. The third kappa shape index (κ3) is 10.9. The highest BCUT2D eigenvalue weighted by Crippen LogP contribution is 1.97. The van der Waals surface area contributed by atoms with Crippen molar-refractivity contribution in [3.63, 3.8) is 0 Å². The van der Waals surface area contributed by atoms with Crippen LogP contribution >= 0.6 is 0 Å². The quantitative estimate of drug-likeness (QED) is 0.242. The molecule has 148 valence electrons. The molecule has 12 heteroatoms. The van der Waals surface area contributed by atoms with Crippen LogP contribution in [0.15, 0.2) is 0 Å². The summed E-state index contributed by atoms with van der Waals surface area (Å²) in [4.78, 5) is 58.6. The van der Waals surface area contributed by atoms with Crippen LogP contribution in [0.5, 0.6) is 0 Å². The standard InChI is InChI=1S/C14H24N4O8/c1-15-14(26)18(6-7-19)5-4-16(8-11(20)21)2-3-17(9-12(22)23)10-13(24)25/h7H,2-6,8-10H2,1H3,(H,15,26)(H,20,21)(H,22,23)(H,24,25). The number of carbonyl (C=O) groups excluding carboxylic acids is 2. The molecule has 0 bridgehead atoms. The van der Waals surface area contributed by atoms with Gasteiger partial charge in [-0.15, -0.1) is 0 Å². The molecule has 0 saturated carbocycles. The molecule has 2 amide bonds. The molecule has 0 aliphatic heterocycles. The molecule has 0 aliphatic carbocycles. The fraction of sp³-hybridized carbons (Fsp3) is 0.643. The van der Waals surface area contributed by atoms with Crippen LogP contribution < -0.4 is 5.32 Å². The Kier molecular flexibility index (Phi) is 11.3. The first-order chi connectivity index (χ1) is 12.2. The van der Waals surface area contributed by atoms with Gasteiger partial charge in [-0.1, -0.05) is 0 Å². The molecule has 0 aromatic heterocycles. The Hall–Kier alpha value is -2.73. The van der Waals surface area contributed by atoms with E-state index in [2.05, 4.69) is 5.32 Å². The van der Waals surface area contributed by atoms with Crippen LogP contribution in [-0.2, 0) is 19.2 Å². The van der Waals surface area contributed by atoms with Crippen molar-refractivity contribution in [1.82, 2.24) is 20.0 Å². The first-order valence-corrected chi connectivity index (χ1v) is 7.70. The molecule has 0 atom stereocenters. The lowest BCUT2D eigenvalue weighted by molar-refractivity contribution is -0.143. The summed E-state index contributed by atoms with van der Waals surface area (Å²) in [5, 5.41) is 28.9. The third-order valence-electron chi connectivity index (χ3n) is 3.29. The van der Waals surface area contributed by atoms with Crippen molar-refractivity contribution in [3.05, 3.63) is 0 Å². The third-order valence-corrected chi connectivity index (χ3v) is 3.29. The van der Waals surface area contributed by atoms with Crippen molar-refractivity contribution < 1.29 is 39.3 Å². The minimum absolute atomic E-state index is 0.0134. The zero-order valence-electron chi connectivity index (χ0n) is 14.5. The molecular weight excluding hydrogens is 352 g/mol. The molecule has 0 saturated heterocycles. The highest BCUT2D eigenvalue weighted by atomic mass is 16.4. The van der Waals surface area contributed by atoms with E-state index in [1.165, 1.54) is 16.8 Å². The van der Waals surface area contributed by atoms with Crippen LogP contribution in [-0.4, -0.2) is 120 Å². The summed E-state index contributed by atoms with van der Waals surface area (Å²) in [5.74, 6) is -3.53. The van der Waals surface area contributed by atoms with E-state index in [1.54, 1.807) is 0 Å². The fourth-order valence-corrected chi connectivity index (χ4v) is 2.13. The maximum absolute atomic E-state index is 11.6. The van der Waals surface area contributed by atoms with E-state index in [0.29, 0.717) is 6.29 Å². The topological polar surface area (TPSA) is 168 Å². The Balaban J connectivity index is 4.82. The number of nitrogens with zero attached hydrogens (tertiary/aromatic N) is 3. The van der Waals surface area contributed by atoms with Gasteiger partial charge in [-0.25, -0.2) is 4.79 Å². The summed E-state index contributed by atoms with van der Waals surface area (Å²) in [6, 6.07) is -0.495. The molecule has 0 fully saturated rings. The molecular formula is C14H24N4O8. The van der Waals surface area contributed by atoms with Gasteiger partial charge in [0, 0.05) is 33.2 Å². The van der Waals surface area contributed by atoms with Crippen LogP contribution in [0.25, 0.3) is 0 Å². The second kappa shape index (κ2) is 12.6. The van der Waals surface area contributed by atoms with Gasteiger partial charge in [-0.3, -0.25) is 24.2 Å². The maximum atomic E-state index is 11.6. The molecule has 12 nitrogen and oxygen atoms in total. The highest BCUT2D eigenvalue weighted by molar-refractivity contribution is 5.76. The Morgan fingerprint density at radius 2 is 1.23 bits per heavy atom. The Morgan fingerprint density at radius 3 is 1.65 bits per heavy atom. The van der Waals surface area contributed by atoms with Gasteiger partial charge >= 0.3 is 23.9 Å². The number of carboxylic acids is 3. The second-order valence-corrected chi connectivity index (χ2v) is 5.34. The summed E-state index contributed by atoms with van der Waals surface area (Å²) in [6.45, 7) is -1.26. The monoisotopic (exact) mass is 376 g/mol. The van der Waals surface area contributed by atoms with Gasteiger partial charge in [0.1, 0.15) is 6.29 Å². The van der Waals surface area contributed by atoms with Crippen LogP contribution in [0.2, 0.25) is 0 Å². The van der Waals surface area contributed by atoms with Gasteiger partial charge in [0.2, 0.25) is 0 Å². The van der Waals surface area contributed by atoms with Crippen LogP contribution in [0.3, 0.4) is 0 Å². The lowest BCUT2D eigenvalue weighted by Gasteiger charge is -2.27. The first-order valence-electron chi connectivity index (χ1n) is 7.70. The number of hydrogen-bond donors (Lipinski definition) is 4. The van der Waals surface area contributed by atoms with Gasteiger partial charge in [-0.05, 0) is 0 Å². The van der Waals surface area contributed by atoms with Crippen LogP contribution in [0.1, 0.15) is 0 Å². The maximum Gasteiger partial charge on any atom is 0.317 e. The molecule has 26 heavy (non-hydrogen) atoms. The second-order valence-electron chi connectivity index (χ2n) is 5.34. The minimum Gasteiger partial charge on any atom is -0.480 e. The molecule has 0 unspecified atom stereocenters. The van der Waals surface area contributed by atoms with Crippen molar-refractivity contribution in [2.24, 2.45) is 0 Å². The Morgan fingerprint density at radius 1 is 0.808 bits per heavy atom. The zero-order chi connectivity index (χ0) is 20.1. The van der Waals surface area contributed by atoms with Crippen molar-refractivity contribution in [2.75, 3.05) is 59.4 Å². The van der Waals surface area contributed by atoms with Crippen LogP contribution in [0.4, 0.5) is 4.79 Å². The largest absolute Gasteiger partial charge is 0.480 e. The van der Waals surface area contributed by atoms with E-state index in [4.69, 9.17) is 15.3 Å².